The monoisotopic (exact) mass is 255 g/mol. The van der Waals surface area contributed by atoms with E-state index in [1.807, 2.05) is 19.1 Å². The van der Waals surface area contributed by atoms with Gasteiger partial charge in [-0.2, -0.15) is 0 Å². The van der Waals surface area contributed by atoms with Gasteiger partial charge in [-0.15, -0.1) is 0 Å². The largest absolute Gasteiger partial charge is 0.506 e. The smallest absolute Gasteiger partial charge is 0.132 e. The number of rotatable bonds is 1. The second-order valence-corrected chi connectivity index (χ2v) is 4.99. The zero-order valence-corrected chi connectivity index (χ0v) is 9.76. The highest BCUT2D eigenvalue weighted by Gasteiger charge is 2.34. The molecule has 2 nitrogen and oxygen atoms in total. The van der Waals surface area contributed by atoms with Crippen molar-refractivity contribution >= 4 is 15.9 Å². The Balaban J connectivity index is 2.45. The molecule has 0 saturated heterocycles. The molecule has 1 fully saturated rings. The molecule has 1 saturated carbocycles. The highest BCUT2D eigenvalue weighted by atomic mass is 79.9. The van der Waals surface area contributed by atoms with Crippen molar-refractivity contribution in [3.8, 4) is 5.75 Å². The van der Waals surface area contributed by atoms with Crippen LogP contribution in [0.5, 0.6) is 5.75 Å². The molecule has 0 atom stereocenters. The van der Waals surface area contributed by atoms with Gasteiger partial charge in [-0.25, -0.2) is 0 Å². The predicted octanol–water partition coefficient (Wildman–Crippen LogP) is 2.80. The van der Waals surface area contributed by atoms with Crippen LogP contribution in [0.1, 0.15) is 30.4 Å². The van der Waals surface area contributed by atoms with E-state index in [4.69, 9.17) is 5.73 Å². The molecule has 76 valence electrons. The van der Waals surface area contributed by atoms with Gasteiger partial charge in [-0.1, -0.05) is 6.07 Å². The van der Waals surface area contributed by atoms with Gasteiger partial charge in [0.05, 0.1) is 4.47 Å². The molecule has 1 aliphatic carbocycles. The van der Waals surface area contributed by atoms with Crippen molar-refractivity contribution in [1.82, 2.24) is 0 Å². The normalized spacial score (nSPS) is 19.1. The molecular formula is C11H14BrNO. The second kappa shape index (κ2) is 3.24. The maximum Gasteiger partial charge on any atom is 0.132 e. The van der Waals surface area contributed by atoms with E-state index in [9.17, 15) is 5.11 Å². The quantitative estimate of drug-likeness (QED) is 0.811. The Labute approximate surface area is 92.3 Å². The zero-order valence-electron chi connectivity index (χ0n) is 8.18. The van der Waals surface area contributed by atoms with Gasteiger partial charge in [-0.3, -0.25) is 0 Å². The number of nitrogens with two attached hydrogens (primary N) is 1. The van der Waals surface area contributed by atoms with E-state index >= 15 is 0 Å². The maximum absolute atomic E-state index is 9.60. The molecule has 0 spiro atoms. The first-order valence-electron chi connectivity index (χ1n) is 4.81. The molecule has 0 aromatic heterocycles. The van der Waals surface area contributed by atoms with E-state index in [-0.39, 0.29) is 5.54 Å². The van der Waals surface area contributed by atoms with Gasteiger partial charge >= 0.3 is 0 Å². The fourth-order valence-corrected chi connectivity index (χ4v) is 2.43. The zero-order chi connectivity index (χ0) is 10.3. The van der Waals surface area contributed by atoms with Gasteiger partial charge in [0, 0.05) is 5.54 Å². The molecule has 0 aliphatic heterocycles. The minimum absolute atomic E-state index is 0.152. The summed E-state index contributed by atoms with van der Waals surface area (Å²) in [7, 11) is 0. The number of benzene rings is 1. The van der Waals surface area contributed by atoms with Crippen LogP contribution in [0.4, 0.5) is 0 Å². The summed E-state index contributed by atoms with van der Waals surface area (Å²) >= 11 is 3.34. The van der Waals surface area contributed by atoms with Crippen LogP contribution in [0.15, 0.2) is 16.6 Å². The van der Waals surface area contributed by atoms with Gasteiger partial charge in [0.15, 0.2) is 0 Å². The average Bonchev–Trinajstić information content (AvgIpc) is 2.09. The number of aromatic hydroxyl groups is 1. The standard InChI is InChI=1S/C11H14BrNO/c1-7-5-8(6-9(12)10(7)14)11(13)3-2-4-11/h5-6,14H,2-4,13H2,1H3. The van der Waals surface area contributed by atoms with Gasteiger partial charge in [0.2, 0.25) is 0 Å². The lowest BCUT2D eigenvalue weighted by Gasteiger charge is -2.39. The molecule has 0 radical (unpaired) electrons. The van der Waals surface area contributed by atoms with E-state index in [1.54, 1.807) is 0 Å². The second-order valence-electron chi connectivity index (χ2n) is 4.13. The summed E-state index contributed by atoms with van der Waals surface area (Å²) in [6.45, 7) is 1.89. The van der Waals surface area contributed by atoms with E-state index in [1.165, 1.54) is 6.42 Å². The molecule has 0 bridgehead atoms. The van der Waals surface area contributed by atoms with Crippen molar-refractivity contribution in [2.75, 3.05) is 0 Å². The highest BCUT2D eigenvalue weighted by Crippen LogP contribution is 2.41. The molecule has 1 aliphatic rings. The lowest BCUT2D eigenvalue weighted by molar-refractivity contribution is 0.253. The molecule has 0 amide bonds. The van der Waals surface area contributed by atoms with Crippen molar-refractivity contribution in [1.29, 1.82) is 0 Å². The van der Waals surface area contributed by atoms with Gasteiger partial charge in [0.1, 0.15) is 5.75 Å². The SMILES string of the molecule is Cc1cc(C2(N)CCC2)cc(Br)c1O. The lowest BCUT2D eigenvalue weighted by Crippen LogP contribution is -2.43. The van der Waals surface area contributed by atoms with Crippen molar-refractivity contribution in [2.24, 2.45) is 5.73 Å². The van der Waals surface area contributed by atoms with Crippen LogP contribution >= 0.6 is 15.9 Å². The Kier molecular flexibility index (Phi) is 2.32. The summed E-state index contributed by atoms with van der Waals surface area (Å²) in [6, 6.07) is 3.92. The fourth-order valence-electron chi connectivity index (χ4n) is 1.87. The third-order valence-electron chi connectivity index (χ3n) is 3.07. The number of hydrogen-bond donors (Lipinski definition) is 2. The van der Waals surface area contributed by atoms with E-state index in [2.05, 4.69) is 15.9 Å². The Bertz CT molecular complexity index is 349. The van der Waals surface area contributed by atoms with Gasteiger partial charge < -0.3 is 10.8 Å². The molecule has 0 heterocycles. The lowest BCUT2D eigenvalue weighted by atomic mass is 9.72. The molecule has 3 N–H and O–H groups in total. The number of halogens is 1. The minimum Gasteiger partial charge on any atom is -0.506 e. The molecule has 14 heavy (non-hydrogen) atoms. The molecule has 2 rings (SSSR count). The van der Waals surface area contributed by atoms with E-state index in [0.29, 0.717) is 5.75 Å². The van der Waals surface area contributed by atoms with Crippen LogP contribution < -0.4 is 5.73 Å². The summed E-state index contributed by atoms with van der Waals surface area (Å²) in [5.74, 6) is 0.316. The first-order chi connectivity index (χ1) is 6.53. The Morgan fingerprint density at radius 1 is 1.43 bits per heavy atom. The number of aryl methyl sites for hydroxylation is 1. The summed E-state index contributed by atoms with van der Waals surface area (Å²) in [5.41, 5.74) is 8.07. The van der Waals surface area contributed by atoms with Crippen molar-refractivity contribution in [2.45, 2.75) is 31.7 Å². The van der Waals surface area contributed by atoms with E-state index in [0.717, 1.165) is 28.4 Å². The summed E-state index contributed by atoms with van der Waals surface area (Å²) in [6.07, 6.45) is 3.29. The van der Waals surface area contributed by atoms with E-state index < -0.39 is 0 Å². The van der Waals surface area contributed by atoms with Crippen molar-refractivity contribution < 1.29 is 5.11 Å². The van der Waals surface area contributed by atoms with Gasteiger partial charge in [0.25, 0.3) is 0 Å². The van der Waals surface area contributed by atoms with Crippen LogP contribution in [0.3, 0.4) is 0 Å². The van der Waals surface area contributed by atoms with Crippen molar-refractivity contribution in [3.05, 3.63) is 27.7 Å². The Hall–Kier alpha value is -0.540. The topological polar surface area (TPSA) is 46.2 Å². The predicted molar refractivity (Wildman–Crippen MR) is 60.3 cm³/mol. The third-order valence-corrected chi connectivity index (χ3v) is 3.68. The molecule has 3 heteroatoms. The molecule has 0 unspecified atom stereocenters. The number of phenolic OH excluding ortho intramolecular Hbond substituents is 1. The fraction of sp³-hybridized carbons (Fsp3) is 0.455. The van der Waals surface area contributed by atoms with Crippen LogP contribution in [-0.2, 0) is 5.54 Å². The maximum atomic E-state index is 9.60. The number of phenols is 1. The minimum atomic E-state index is -0.152. The van der Waals surface area contributed by atoms with Gasteiger partial charge in [-0.05, 0) is 59.3 Å². The molecule has 1 aromatic rings. The molecule has 1 aromatic carbocycles. The van der Waals surface area contributed by atoms with Crippen LogP contribution in [0.2, 0.25) is 0 Å². The van der Waals surface area contributed by atoms with Crippen LogP contribution in [0.25, 0.3) is 0 Å². The average molecular weight is 256 g/mol. The Morgan fingerprint density at radius 2 is 2.07 bits per heavy atom. The third kappa shape index (κ3) is 1.44. The molecular weight excluding hydrogens is 242 g/mol. The highest BCUT2D eigenvalue weighted by molar-refractivity contribution is 9.10. The van der Waals surface area contributed by atoms with Crippen LogP contribution in [0, 0.1) is 6.92 Å². The van der Waals surface area contributed by atoms with Crippen molar-refractivity contribution in [3.63, 3.8) is 0 Å². The first kappa shape index (κ1) is 9.99. The Morgan fingerprint density at radius 3 is 2.50 bits per heavy atom. The number of hydrogen-bond acceptors (Lipinski definition) is 2. The summed E-state index contributed by atoms with van der Waals surface area (Å²) < 4.78 is 0.740. The van der Waals surface area contributed by atoms with Crippen LogP contribution in [-0.4, -0.2) is 5.11 Å². The first-order valence-corrected chi connectivity index (χ1v) is 5.61. The summed E-state index contributed by atoms with van der Waals surface area (Å²) in [5, 5.41) is 9.60. The summed E-state index contributed by atoms with van der Waals surface area (Å²) in [4.78, 5) is 0.